The lowest BCUT2D eigenvalue weighted by molar-refractivity contribution is 0.0258. The minimum atomic E-state index is -0.590. The van der Waals surface area contributed by atoms with Gasteiger partial charge in [-0.2, -0.15) is 5.26 Å². The zero-order chi connectivity index (χ0) is 15.1. The van der Waals surface area contributed by atoms with E-state index in [2.05, 4.69) is 4.90 Å². The first kappa shape index (κ1) is 15.8. The zero-order valence-corrected chi connectivity index (χ0v) is 12.1. The van der Waals surface area contributed by atoms with Crippen molar-refractivity contribution >= 4 is 0 Å². The van der Waals surface area contributed by atoms with Gasteiger partial charge in [0, 0.05) is 19.1 Å². The van der Waals surface area contributed by atoms with Crippen LogP contribution in [0.4, 0.5) is 0 Å². The molecule has 1 aromatic carbocycles. The molecule has 5 nitrogen and oxygen atoms in total. The van der Waals surface area contributed by atoms with Gasteiger partial charge in [-0.15, -0.1) is 0 Å². The molecule has 5 heteroatoms. The summed E-state index contributed by atoms with van der Waals surface area (Å²) in [5.41, 5.74) is 0.585. The average Bonchev–Trinajstić information content (AvgIpc) is 2.44. The normalized spacial score (nSPS) is 16.3. The highest BCUT2D eigenvalue weighted by atomic mass is 16.5. The molecule has 0 heterocycles. The van der Waals surface area contributed by atoms with Crippen LogP contribution in [0.25, 0.3) is 0 Å². The lowest BCUT2D eigenvalue weighted by Crippen LogP contribution is -2.46. The summed E-state index contributed by atoms with van der Waals surface area (Å²) in [7, 11) is 0. The number of aliphatic hydroxyl groups is 2. The zero-order valence-electron chi connectivity index (χ0n) is 12.1. The smallest absolute Gasteiger partial charge is 0.119 e. The molecule has 1 aliphatic carbocycles. The molecule has 0 spiro atoms. The summed E-state index contributed by atoms with van der Waals surface area (Å²) in [6, 6.07) is 9.36. The fraction of sp³-hybridized carbons (Fsp3) is 0.562. The molecule has 0 bridgehead atoms. The second kappa shape index (κ2) is 7.99. The molecule has 0 aromatic heterocycles. The average molecular weight is 290 g/mol. The van der Waals surface area contributed by atoms with E-state index in [4.69, 9.17) is 15.1 Å². The van der Waals surface area contributed by atoms with Gasteiger partial charge in [0.2, 0.25) is 0 Å². The third-order valence-electron chi connectivity index (χ3n) is 3.85. The predicted molar refractivity (Wildman–Crippen MR) is 79.0 cm³/mol. The van der Waals surface area contributed by atoms with Crippen molar-refractivity contribution < 1.29 is 14.9 Å². The van der Waals surface area contributed by atoms with Crippen molar-refractivity contribution in [3.8, 4) is 11.8 Å². The van der Waals surface area contributed by atoms with E-state index >= 15 is 0 Å². The van der Waals surface area contributed by atoms with Gasteiger partial charge >= 0.3 is 0 Å². The quantitative estimate of drug-likeness (QED) is 0.751. The summed E-state index contributed by atoms with van der Waals surface area (Å²) in [6.45, 7) is 1.43. The Kier molecular flexibility index (Phi) is 6.00. The van der Waals surface area contributed by atoms with E-state index in [-0.39, 0.29) is 13.2 Å². The number of ether oxygens (including phenoxy) is 1. The van der Waals surface area contributed by atoms with E-state index in [1.54, 1.807) is 24.3 Å². The molecule has 1 unspecified atom stereocenters. The van der Waals surface area contributed by atoms with Crippen molar-refractivity contribution in [1.82, 2.24) is 4.90 Å². The van der Waals surface area contributed by atoms with Gasteiger partial charge in [-0.3, -0.25) is 4.90 Å². The minimum absolute atomic E-state index is 0.111. The maximum Gasteiger partial charge on any atom is 0.119 e. The molecule has 1 aromatic rings. The summed E-state index contributed by atoms with van der Waals surface area (Å²) in [5.74, 6) is 0.644. The predicted octanol–water partition coefficient (Wildman–Crippen LogP) is 1.14. The number of nitrogens with zero attached hydrogens (tertiary/aromatic N) is 2. The Morgan fingerprint density at radius 2 is 2.05 bits per heavy atom. The molecule has 1 fully saturated rings. The summed E-state index contributed by atoms with van der Waals surface area (Å²) in [5, 5.41) is 27.9. The van der Waals surface area contributed by atoms with Gasteiger partial charge in [0.1, 0.15) is 18.5 Å². The molecular weight excluding hydrogens is 268 g/mol. The van der Waals surface area contributed by atoms with Crippen LogP contribution >= 0.6 is 0 Å². The Labute approximate surface area is 125 Å². The Hall–Kier alpha value is -1.61. The van der Waals surface area contributed by atoms with Crippen LogP contribution in [0.1, 0.15) is 24.8 Å². The highest BCUT2D eigenvalue weighted by molar-refractivity contribution is 5.34. The van der Waals surface area contributed by atoms with E-state index in [0.29, 0.717) is 30.4 Å². The van der Waals surface area contributed by atoms with Crippen LogP contribution in [-0.4, -0.2) is 53.6 Å². The standard InChI is InChI=1S/C16H22N2O3/c17-10-13-4-6-16(7-5-13)21-12-15(20)11-18(8-9-19)14-2-1-3-14/h4-7,14-15,19-20H,1-3,8-9,11-12H2. The third-order valence-corrected chi connectivity index (χ3v) is 3.85. The van der Waals surface area contributed by atoms with Crippen LogP contribution in [-0.2, 0) is 0 Å². The van der Waals surface area contributed by atoms with Crippen LogP contribution in [0.5, 0.6) is 5.75 Å². The number of nitriles is 1. The first-order valence-electron chi connectivity index (χ1n) is 7.39. The van der Waals surface area contributed by atoms with Gasteiger partial charge < -0.3 is 14.9 Å². The summed E-state index contributed by atoms with van der Waals surface area (Å²) in [6.07, 6.45) is 2.92. The van der Waals surface area contributed by atoms with Crippen molar-refractivity contribution in [2.75, 3.05) is 26.3 Å². The molecule has 0 radical (unpaired) electrons. The molecule has 1 saturated carbocycles. The maximum atomic E-state index is 10.1. The van der Waals surface area contributed by atoms with Crippen molar-refractivity contribution in [2.24, 2.45) is 0 Å². The van der Waals surface area contributed by atoms with Gasteiger partial charge in [0.15, 0.2) is 0 Å². The molecule has 0 amide bonds. The van der Waals surface area contributed by atoms with Crippen LogP contribution < -0.4 is 4.74 Å². The molecule has 2 N–H and O–H groups in total. The number of hydrogen-bond acceptors (Lipinski definition) is 5. The SMILES string of the molecule is N#Cc1ccc(OCC(O)CN(CCO)C2CCC2)cc1. The number of benzene rings is 1. The minimum Gasteiger partial charge on any atom is -0.491 e. The molecule has 2 rings (SSSR count). The van der Waals surface area contributed by atoms with E-state index in [1.165, 1.54) is 6.42 Å². The van der Waals surface area contributed by atoms with E-state index in [9.17, 15) is 5.11 Å². The second-order valence-corrected chi connectivity index (χ2v) is 5.40. The summed E-state index contributed by atoms with van der Waals surface area (Å²) < 4.78 is 5.53. The first-order chi connectivity index (χ1) is 10.2. The fourth-order valence-electron chi connectivity index (χ4n) is 2.44. The monoisotopic (exact) mass is 290 g/mol. The van der Waals surface area contributed by atoms with Gasteiger partial charge in [0.25, 0.3) is 0 Å². The number of hydrogen-bond donors (Lipinski definition) is 2. The second-order valence-electron chi connectivity index (χ2n) is 5.40. The number of rotatable bonds is 8. The topological polar surface area (TPSA) is 76.7 Å². The highest BCUT2D eigenvalue weighted by Crippen LogP contribution is 2.24. The van der Waals surface area contributed by atoms with E-state index in [0.717, 1.165) is 12.8 Å². The molecule has 0 aliphatic heterocycles. The first-order valence-corrected chi connectivity index (χ1v) is 7.39. The highest BCUT2D eigenvalue weighted by Gasteiger charge is 2.26. The molecule has 1 aliphatic rings. The van der Waals surface area contributed by atoms with Crippen LogP contribution in [0, 0.1) is 11.3 Å². The fourth-order valence-corrected chi connectivity index (χ4v) is 2.44. The van der Waals surface area contributed by atoms with E-state index in [1.807, 2.05) is 6.07 Å². The van der Waals surface area contributed by atoms with Crippen molar-refractivity contribution in [1.29, 1.82) is 5.26 Å². The Balaban J connectivity index is 1.77. The molecule has 21 heavy (non-hydrogen) atoms. The lowest BCUT2D eigenvalue weighted by atomic mass is 9.91. The molecule has 1 atom stereocenters. The van der Waals surface area contributed by atoms with Crippen molar-refractivity contribution in [2.45, 2.75) is 31.4 Å². The largest absolute Gasteiger partial charge is 0.491 e. The molecule has 0 saturated heterocycles. The Morgan fingerprint density at radius 3 is 2.57 bits per heavy atom. The van der Waals surface area contributed by atoms with Crippen molar-refractivity contribution in [3.63, 3.8) is 0 Å². The van der Waals surface area contributed by atoms with Crippen LogP contribution in [0.2, 0.25) is 0 Å². The lowest BCUT2D eigenvalue weighted by Gasteiger charge is -2.38. The summed E-state index contributed by atoms with van der Waals surface area (Å²) in [4.78, 5) is 2.14. The maximum absolute atomic E-state index is 10.1. The Bertz CT molecular complexity index is 465. The van der Waals surface area contributed by atoms with Gasteiger partial charge in [-0.05, 0) is 37.1 Å². The van der Waals surface area contributed by atoms with E-state index < -0.39 is 6.10 Å². The van der Waals surface area contributed by atoms with Crippen molar-refractivity contribution in [3.05, 3.63) is 29.8 Å². The molecule has 114 valence electrons. The summed E-state index contributed by atoms with van der Waals surface area (Å²) >= 11 is 0. The Morgan fingerprint density at radius 1 is 1.33 bits per heavy atom. The van der Waals surface area contributed by atoms with Gasteiger partial charge in [-0.1, -0.05) is 6.42 Å². The van der Waals surface area contributed by atoms with Crippen LogP contribution in [0.15, 0.2) is 24.3 Å². The third kappa shape index (κ3) is 4.71. The van der Waals surface area contributed by atoms with Gasteiger partial charge in [0.05, 0.1) is 18.2 Å². The number of aliphatic hydroxyl groups excluding tert-OH is 2. The van der Waals surface area contributed by atoms with Gasteiger partial charge in [-0.25, -0.2) is 0 Å². The van der Waals surface area contributed by atoms with Crippen LogP contribution in [0.3, 0.4) is 0 Å². The molecular formula is C16H22N2O3.